The first-order valence-electron chi connectivity index (χ1n) is 8.18. The zero-order chi connectivity index (χ0) is 20.5. The first kappa shape index (κ1) is 20.2. The van der Waals surface area contributed by atoms with Crippen LogP contribution in [-0.4, -0.2) is 11.0 Å². The van der Waals surface area contributed by atoms with Crippen LogP contribution >= 0.6 is 23.8 Å². The maximum Gasteiger partial charge on any atom is 0.418 e. The summed E-state index contributed by atoms with van der Waals surface area (Å²) in [6.45, 7) is 1.63. The van der Waals surface area contributed by atoms with Gasteiger partial charge in [0.05, 0.1) is 22.9 Å². The van der Waals surface area contributed by atoms with Gasteiger partial charge in [-0.05, 0) is 42.9 Å². The Hall–Kier alpha value is -2.58. The summed E-state index contributed by atoms with van der Waals surface area (Å²) in [7, 11) is 0. The van der Waals surface area contributed by atoms with E-state index in [0.29, 0.717) is 16.3 Å². The third-order valence-corrected chi connectivity index (χ3v) is 4.77. The molecule has 2 aromatic rings. The topological polar surface area (TPSA) is 53.2 Å². The van der Waals surface area contributed by atoms with Crippen LogP contribution < -0.4 is 16.0 Å². The number of rotatable bonds is 3. The average molecular weight is 426 g/mol. The minimum absolute atomic E-state index is 0.193. The van der Waals surface area contributed by atoms with Crippen molar-refractivity contribution in [3.8, 4) is 0 Å². The maximum absolute atomic E-state index is 13.2. The second-order valence-electron chi connectivity index (χ2n) is 6.09. The number of benzene rings is 2. The monoisotopic (exact) mass is 425 g/mol. The van der Waals surface area contributed by atoms with Gasteiger partial charge in [-0.2, -0.15) is 13.2 Å². The van der Waals surface area contributed by atoms with Gasteiger partial charge in [-0.15, -0.1) is 0 Å². The summed E-state index contributed by atoms with van der Waals surface area (Å²) in [6.07, 6.45) is -4.60. The first-order chi connectivity index (χ1) is 13.2. The highest BCUT2D eigenvalue weighted by molar-refractivity contribution is 7.80. The Morgan fingerprint density at radius 1 is 1.14 bits per heavy atom. The van der Waals surface area contributed by atoms with Crippen LogP contribution in [0.4, 0.5) is 18.9 Å². The van der Waals surface area contributed by atoms with E-state index >= 15 is 0 Å². The van der Waals surface area contributed by atoms with E-state index in [1.165, 1.54) is 18.2 Å². The smallest absolute Gasteiger partial charge is 0.351 e. The van der Waals surface area contributed by atoms with Crippen LogP contribution in [0.25, 0.3) is 0 Å². The van der Waals surface area contributed by atoms with Gasteiger partial charge in [0, 0.05) is 10.7 Å². The summed E-state index contributed by atoms with van der Waals surface area (Å²) in [4.78, 5) is 13.0. The zero-order valence-corrected chi connectivity index (χ0v) is 16.1. The molecule has 146 valence electrons. The highest BCUT2D eigenvalue weighted by atomic mass is 35.5. The van der Waals surface area contributed by atoms with Gasteiger partial charge in [-0.1, -0.05) is 41.9 Å². The summed E-state index contributed by atoms with van der Waals surface area (Å²) < 4.78 is 39.7. The third-order valence-electron chi connectivity index (χ3n) is 4.21. The molecule has 0 aliphatic carbocycles. The standard InChI is InChI=1S/C19H15ClF3N3OS/c1-10-15(16(26-18(28)24-10)11-6-2-4-8-13(11)20)17(27)25-14-9-5-3-7-12(14)19(21,22)23/h2-9,16H,1H3,(H,25,27)(H2,24,26,28)/t16-/m1/s1. The second kappa shape index (κ2) is 7.81. The number of hydrogen-bond donors (Lipinski definition) is 3. The van der Waals surface area contributed by atoms with Crippen LogP contribution in [0.2, 0.25) is 5.02 Å². The Morgan fingerprint density at radius 3 is 2.46 bits per heavy atom. The fraction of sp³-hybridized carbons (Fsp3) is 0.158. The predicted molar refractivity (Wildman–Crippen MR) is 106 cm³/mol. The van der Waals surface area contributed by atoms with Gasteiger partial charge in [0.15, 0.2) is 5.11 Å². The summed E-state index contributed by atoms with van der Waals surface area (Å²) in [5.41, 5.74) is -0.0505. The van der Waals surface area contributed by atoms with E-state index in [4.69, 9.17) is 23.8 Å². The Morgan fingerprint density at radius 2 is 1.79 bits per heavy atom. The first-order valence-corrected chi connectivity index (χ1v) is 8.97. The number of thiocarbonyl (C=S) groups is 1. The molecule has 0 radical (unpaired) electrons. The molecular weight excluding hydrogens is 411 g/mol. The molecule has 1 heterocycles. The molecule has 0 fully saturated rings. The van der Waals surface area contributed by atoms with E-state index in [1.54, 1.807) is 31.2 Å². The quantitative estimate of drug-likeness (QED) is 0.619. The van der Waals surface area contributed by atoms with Crippen molar-refractivity contribution in [1.29, 1.82) is 0 Å². The molecule has 0 bridgehead atoms. The minimum atomic E-state index is -4.60. The van der Waals surface area contributed by atoms with Crippen LogP contribution in [-0.2, 0) is 11.0 Å². The van der Waals surface area contributed by atoms with Crippen LogP contribution in [0.15, 0.2) is 59.8 Å². The van der Waals surface area contributed by atoms with Gasteiger partial charge in [-0.3, -0.25) is 4.79 Å². The Labute approximate surface area is 169 Å². The second-order valence-corrected chi connectivity index (χ2v) is 6.90. The number of carbonyl (C=O) groups is 1. The van der Waals surface area contributed by atoms with E-state index in [2.05, 4.69) is 16.0 Å². The van der Waals surface area contributed by atoms with Crippen molar-refractivity contribution in [2.75, 3.05) is 5.32 Å². The van der Waals surface area contributed by atoms with Gasteiger partial charge in [0.2, 0.25) is 0 Å². The molecule has 1 aliphatic heterocycles. The van der Waals surface area contributed by atoms with Crippen LogP contribution in [0.3, 0.4) is 0 Å². The van der Waals surface area contributed by atoms with Crippen LogP contribution in [0, 0.1) is 0 Å². The highest BCUT2D eigenvalue weighted by Gasteiger charge is 2.35. The fourth-order valence-electron chi connectivity index (χ4n) is 2.97. The average Bonchev–Trinajstić information content (AvgIpc) is 2.61. The van der Waals surface area contributed by atoms with E-state index in [-0.39, 0.29) is 16.4 Å². The number of hydrogen-bond acceptors (Lipinski definition) is 2. The van der Waals surface area contributed by atoms with E-state index in [0.717, 1.165) is 6.07 Å². The number of para-hydroxylation sites is 1. The lowest BCUT2D eigenvalue weighted by atomic mass is 9.94. The summed E-state index contributed by atoms with van der Waals surface area (Å²) in [5, 5.41) is 8.85. The summed E-state index contributed by atoms with van der Waals surface area (Å²) >= 11 is 11.4. The van der Waals surface area contributed by atoms with E-state index in [9.17, 15) is 18.0 Å². The molecule has 28 heavy (non-hydrogen) atoms. The molecule has 9 heteroatoms. The molecule has 3 rings (SSSR count). The van der Waals surface area contributed by atoms with Gasteiger partial charge < -0.3 is 16.0 Å². The highest BCUT2D eigenvalue weighted by Crippen LogP contribution is 2.36. The van der Waals surface area contributed by atoms with Gasteiger partial charge in [0.25, 0.3) is 5.91 Å². The molecule has 1 amide bonds. The molecule has 0 aromatic heterocycles. The molecule has 0 saturated heterocycles. The van der Waals surface area contributed by atoms with Crippen molar-refractivity contribution in [2.24, 2.45) is 0 Å². The molecule has 0 spiro atoms. The third kappa shape index (κ3) is 4.13. The van der Waals surface area contributed by atoms with Crippen LogP contribution in [0.1, 0.15) is 24.1 Å². The van der Waals surface area contributed by atoms with Crippen molar-refractivity contribution in [2.45, 2.75) is 19.1 Å². The molecule has 1 atom stereocenters. The normalized spacial score (nSPS) is 17.0. The number of anilines is 1. The molecular formula is C19H15ClF3N3OS. The minimum Gasteiger partial charge on any atom is -0.351 e. The lowest BCUT2D eigenvalue weighted by molar-refractivity contribution is -0.137. The number of allylic oxidation sites excluding steroid dienone is 1. The van der Waals surface area contributed by atoms with Crippen molar-refractivity contribution in [3.63, 3.8) is 0 Å². The van der Waals surface area contributed by atoms with Crippen molar-refractivity contribution >= 4 is 40.5 Å². The largest absolute Gasteiger partial charge is 0.418 e. The van der Waals surface area contributed by atoms with Gasteiger partial charge in [0.1, 0.15) is 0 Å². The SMILES string of the molecule is CC1=C(C(=O)Nc2ccccc2C(F)(F)F)[C@@H](c2ccccc2Cl)NC(=S)N1. The molecule has 0 saturated carbocycles. The van der Waals surface area contributed by atoms with Crippen molar-refractivity contribution in [3.05, 3.63) is 76.0 Å². The Bertz CT molecular complexity index is 975. The number of halogens is 4. The number of alkyl halides is 3. The van der Waals surface area contributed by atoms with E-state index in [1.807, 2.05) is 0 Å². The predicted octanol–water partition coefficient (Wildman–Crippen LogP) is 4.79. The van der Waals surface area contributed by atoms with Crippen LogP contribution in [0.5, 0.6) is 0 Å². The number of carbonyl (C=O) groups excluding carboxylic acids is 1. The summed E-state index contributed by atoms with van der Waals surface area (Å²) in [5.74, 6) is -0.693. The zero-order valence-electron chi connectivity index (χ0n) is 14.5. The fourth-order valence-corrected chi connectivity index (χ4v) is 3.48. The van der Waals surface area contributed by atoms with Crippen molar-refractivity contribution < 1.29 is 18.0 Å². The number of nitrogens with one attached hydrogen (secondary N) is 3. The molecule has 1 aliphatic rings. The maximum atomic E-state index is 13.2. The lowest BCUT2D eigenvalue weighted by Gasteiger charge is -2.31. The number of amides is 1. The van der Waals surface area contributed by atoms with Gasteiger partial charge >= 0.3 is 6.18 Å². The van der Waals surface area contributed by atoms with Gasteiger partial charge in [-0.25, -0.2) is 0 Å². The summed E-state index contributed by atoms with van der Waals surface area (Å²) in [6, 6.07) is 11.0. The molecule has 4 nitrogen and oxygen atoms in total. The van der Waals surface area contributed by atoms with E-state index < -0.39 is 23.7 Å². The molecule has 3 N–H and O–H groups in total. The lowest BCUT2D eigenvalue weighted by Crippen LogP contribution is -2.45. The Balaban J connectivity index is 2.01. The Kier molecular flexibility index (Phi) is 5.62. The molecule has 2 aromatic carbocycles. The molecule has 0 unspecified atom stereocenters. The van der Waals surface area contributed by atoms with Crippen molar-refractivity contribution in [1.82, 2.24) is 10.6 Å².